The first-order chi connectivity index (χ1) is 17.7. The smallest absolute Gasteiger partial charge is 0.228 e. The Labute approximate surface area is 207 Å². The monoisotopic (exact) mass is 483 g/mol. The lowest BCUT2D eigenvalue weighted by atomic mass is 9.88. The zero-order valence-corrected chi connectivity index (χ0v) is 19.8. The molecule has 1 aromatic carbocycles. The molecule has 8 nitrogen and oxygen atoms in total. The Morgan fingerprint density at radius 1 is 1.06 bits per heavy atom. The number of allylic oxidation sites excluding steroid dienone is 1. The first kappa shape index (κ1) is 21.4. The fourth-order valence-corrected chi connectivity index (χ4v) is 5.64. The van der Waals surface area contributed by atoms with Gasteiger partial charge in [-0.2, -0.15) is 14.6 Å². The molecule has 1 fully saturated rings. The maximum atomic E-state index is 14.0. The normalized spacial score (nSPS) is 19.5. The Morgan fingerprint density at radius 3 is 2.83 bits per heavy atom. The number of aromatic nitrogens is 5. The summed E-state index contributed by atoms with van der Waals surface area (Å²) in [7, 11) is 0. The minimum Gasteiger partial charge on any atom is -0.378 e. The van der Waals surface area contributed by atoms with E-state index in [0.29, 0.717) is 36.2 Å². The second-order valence-electron chi connectivity index (χ2n) is 9.63. The Morgan fingerprint density at radius 2 is 1.94 bits per heavy atom. The number of hydrogen-bond donors (Lipinski definition) is 1. The molecule has 0 amide bonds. The summed E-state index contributed by atoms with van der Waals surface area (Å²) in [4.78, 5) is 15.9. The van der Waals surface area contributed by atoms with Crippen molar-refractivity contribution in [3.63, 3.8) is 0 Å². The molecule has 0 spiro atoms. The summed E-state index contributed by atoms with van der Waals surface area (Å²) >= 11 is 0. The van der Waals surface area contributed by atoms with Crippen LogP contribution in [-0.4, -0.2) is 56.9 Å². The third-order valence-electron chi connectivity index (χ3n) is 7.42. The first-order valence-corrected chi connectivity index (χ1v) is 12.5. The van der Waals surface area contributed by atoms with E-state index in [2.05, 4.69) is 44.6 Å². The number of rotatable bonds is 4. The summed E-state index contributed by atoms with van der Waals surface area (Å²) in [5.74, 6) is 0.618. The summed E-state index contributed by atoms with van der Waals surface area (Å²) in [6.07, 6.45) is 8.70. The van der Waals surface area contributed by atoms with E-state index in [1.807, 2.05) is 6.20 Å². The second-order valence-corrected chi connectivity index (χ2v) is 9.63. The van der Waals surface area contributed by atoms with Gasteiger partial charge in [0.25, 0.3) is 0 Å². The van der Waals surface area contributed by atoms with Gasteiger partial charge in [-0.25, -0.2) is 9.37 Å². The van der Waals surface area contributed by atoms with Crippen LogP contribution in [0.1, 0.15) is 30.4 Å². The van der Waals surface area contributed by atoms with Gasteiger partial charge in [0.05, 0.1) is 25.6 Å². The van der Waals surface area contributed by atoms with Crippen LogP contribution in [0.4, 0.5) is 16.0 Å². The predicted molar refractivity (Wildman–Crippen MR) is 135 cm³/mol. The molecule has 9 heteroatoms. The minimum absolute atomic E-state index is 0.211. The van der Waals surface area contributed by atoms with Crippen molar-refractivity contribution in [1.82, 2.24) is 24.6 Å². The zero-order valence-electron chi connectivity index (χ0n) is 19.8. The first-order valence-electron chi connectivity index (χ1n) is 12.5. The molecule has 1 aliphatic heterocycles. The molecule has 0 radical (unpaired) electrons. The SMILES string of the molecule is Fc1cncc(-c2nc(N[C@@H]3CCC4=C(C3)c3ccccc3C4)n3ncc(N4CCOCC4)c3n2)c1. The fourth-order valence-electron chi connectivity index (χ4n) is 5.64. The summed E-state index contributed by atoms with van der Waals surface area (Å²) in [5.41, 5.74) is 7.98. The van der Waals surface area contributed by atoms with Crippen molar-refractivity contribution in [2.75, 3.05) is 36.5 Å². The third kappa shape index (κ3) is 3.71. The number of hydrogen-bond acceptors (Lipinski definition) is 7. The third-order valence-corrected chi connectivity index (χ3v) is 7.42. The van der Waals surface area contributed by atoms with Crippen LogP contribution in [0.2, 0.25) is 0 Å². The van der Waals surface area contributed by atoms with Crippen molar-refractivity contribution in [2.24, 2.45) is 0 Å². The van der Waals surface area contributed by atoms with E-state index in [9.17, 15) is 4.39 Å². The predicted octanol–water partition coefficient (Wildman–Crippen LogP) is 4.14. The summed E-state index contributed by atoms with van der Waals surface area (Å²) in [6.45, 7) is 2.86. The van der Waals surface area contributed by atoms with Gasteiger partial charge in [-0.3, -0.25) is 4.98 Å². The van der Waals surface area contributed by atoms with Crippen molar-refractivity contribution in [3.05, 3.63) is 71.4 Å². The molecular formula is C27H26FN7O. The van der Waals surface area contributed by atoms with Crippen LogP contribution in [0.3, 0.4) is 0 Å². The second kappa shape index (κ2) is 8.67. The number of ether oxygens (including phenoxy) is 1. The number of anilines is 2. The van der Waals surface area contributed by atoms with E-state index >= 15 is 0 Å². The van der Waals surface area contributed by atoms with Gasteiger partial charge in [-0.1, -0.05) is 29.8 Å². The molecule has 0 bridgehead atoms. The number of morpholine rings is 1. The zero-order chi connectivity index (χ0) is 24.1. The minimum atomic E-state index is -0.418. The fraction of sp³-hybridized carbons (Fsp3) is 0.333. The van der Waals surface area contributed by atoms with Crippen molar-refractivity contribution in [2.45, 2.75) is 31.7 Å². The molecule has 1 N–H and O–H groups in total. The van der Waals surface area contributed by atoms with Gasteiger partial charge in [0.15, 0.2) is 11.5 Å². The Balaban J connectivity index is 1.27. The van der Waals surface area contributed by atoms with Gasteiger partial charge in [0.1, 0.15) is 11.5 Å². The van der Waals surface area contributed by atoms with Crippen LogP contribution in [0.5, 0.6) is 0 Å². The van der Waals surface area contributed by atoms with Gasteiger partial charge < -0.3 is 15.0 Å². The average molecular weight is 484 g/mol. The van der Waals surface area contributed by atoms with Crippen LogP contribution >= 0.6 is 0 Å². The highest BCUT2D eigenvalue weighted by Crippen LogP contribution is 2.42. The molecule has 4 aromatic rings. The molecule has 2 aliphatic carbocycles. The van der Waals surface area contributed by atoms with Crippen LogP contribution in [-0.2, 0) is 11.2 Å². The molecule has 4 heterocycles. The molecule has 0 saturated carbocycles. The maximum Gasteiger partial charge on any atom is 0.228 e. The van der Waals surface area contributed by atoms with E-state index in [4.69, 9.17) is 14.7 Å². The summed E-state index contributed by atoms with van der Waals surface area (Å²) < 4.78 is 21.3. The van der Waals surface area contributed by atoms with E-state index < -0.39 is 5.82 Å². The van der Waals surface area contributed by atoms with Gasteiger partial charge in [-0.05, 0) is 48.4 Å². The molecule has 1 saturated heterocycles. The molecule has 0 unspecified atom stereocenters. The molecule has 3 aromatic heterocycles. The Kier molecular flexibility index (Phi) is 5.16. The maximum absolute atomic E-state index is 14.0. The molecule has 1 atom stereocenters. The number of benzene rings is 1. The van der Waals surface area contributed by atoms with Crippen LogP contribution in [0.25, 0.3) is 22.6 Å². The molecule has 36 heavy (non-hydrogen) atoms. The van der Waals surface area contributed by atoms with E-state index in [0.717, 1.165) is 44.5 Å². The molecule has 7 rings (SSSR count). The Bertz CT molecular complexity index is 1490. The van der Waals surface area contributed by atoms with Gasteiger partial charge in [0.2, 0.25) is 5.95 Å². The van der Waals surface area contributed by atoms with E-state index in [1.54, 1.807) is 16.3 Å². The van der Waals surface area contributed by atoms with Crippen molar-refractivity contribution in [1.29, 1.82) is 0 Å². The van der Waals surface area contributed by atoms with Crippen LogP contribution in [0, 0.1) is 5.82 Å². The molecular weight excluding hydrogens is 457 g/mol. The Hall–Kier alpha value is -3.85. The number of nitrogens with zero attached hydrogens (tertiary/aromatic N) is 6. The highest BCUT2D eigenvalue weighted by molar-refractivity contribution is 5.78. The van der Waals surface area contributed by atoms with Gasteiger partial charge in [0, 0.05) is 30.9 Å². The number of nitrogens with one attached hydrogen (secondary N) is 1. The lowest BCUT2D eigenvalue weighted by Crippen LogP contribution is -2.36. The molecule has 3 aliphatic rings. The largest absolute Gasteiger partial charge is 0.378 e. The lowest BCUT2D eigenvalue weighted by molar-refractivity contribution is 0.123. The van der Waals surface area contributed by atoms with Crippen molar-refractivity contribution < 1.29 is 9.13 Å². The van der Waals surface area contributed by atoms with E-state index in [1.165, 1.54) is 29.0 Å². The molecule has 182 valence electrons. The number of pyridine rings is 1. The average Bonchev–Trinajstić information content (AvgIpc) is 3.51. The van der Waals surface area contributed by atoms with Crippen molar-refractivity contribution >= 4 is 22.9 Å². The highest BCUT2D eigenvalue weighted by Gasteiger charge is 2.29. The van der Waals surface area contributed by atoms with Crippen LogP contribution in [0.15, 0.2) is 54.5 Å². The van der Waals surface area contributed by atoms with Gasteiger partial charge in [-0.15, -0.1) is 0 Å². The number of halogens is 1. The highest BCUT2D eigenvalue weighted by atomic mass is 19.1. The van der Waals surface area contributed by atoms with E-state index in [-0.39, 0.29) is 6.04 Å². The number of fused-ring (bicyclic) bond motifs is 3. The topological polar surface area (TPSA) is 80.5 Å². The summed E-state index contributed by atoms with van der Waals surface area (Å²) in [6, 6.07) is 10.3. The summed E-state index contributed by atoms with van der Waals surface area (Å²) in [5, 5.41) is 8.33. The van der Waals surface area contributed by atoms with Crippen molar-refractivity contribution in [3.8, 4) is 11.4 Å². The standard InChI is InChI=1S/C27H26FN7O/c28-20-12-19(14-29-15-20)25-32-26-24(34-7-9-36-10-8-34)16-30-35(26)27(33-25)31-21-6-5-18-11-17-3-1-2-4-22(17)23(18)13-21/h1-4,12,14-16,21H,5-11,13H2,(H,31,32,33)/t21-/m1/s1. The van der Waals surface area contributed by atoms with Gasteiger partial charge >= 0.3 is 0 Å². The quantitative estimate of drug-likeness (QED) is 0.467. The van der Waals surface area contributed by atoms with Crippen LogP contribution < -0.4 is 10.2 Å². The lowest BCUT2D eigenvalue weighted by Gasteiger charge is -2.28.